The van der Waals surface area contributed by atoms with Gasteiger partial charge in [0.1, 0.15) is 0 Å². The molecule has 15 heavy (non-hydrogen) atoms. The number of carboxylic acids is 1. The van der Waals surface area contributed by atoms with Crippen LogP contribution in [0, 0.1) is 6.92 Å². The first-order chi connectivity index (χ1) is 7.08. The van der Waals surface area contributed by atoms with Gasteiger partial charge in [0.2, 0.25) is 5.56 Å². The lowest BCUT2D eigenvalue weighted by atomic mass is 10.1. The van der Waals surface area contributed by atoms with Crippen LogP contribution in [-0.4, -0.2) is 16.1 Å². The van der Waals surface area contributed by atoms with E-state index in [4.69, 9.17) is 5.11 Å². The number of aromatic nitrogens is 1. The molecule has 4 nitrogen and oxygen atoms in total. The van der Waals surface area contributed by atoms with Crippen molar-refractivity contribution in [1.82, 2.24) is 4.98 Å². The summed E-state index contributed by atoms with van der Waals surface area (Å²) in [5.74, 6) is -1.09. The lowest BCUT2D eigenvalue weighted by Crippen LogP contribution is -2.10. The van der Waals surface area contributed by atoms with Gasteiger partial charge in [0.15, 0.2) is 0 Å². The van der Waals surface area contributed by atoms with Crippen LogP contribution in [0.2, 0.25) is 0 Å². The van der Waals surface area contributed by atoms with Gasteiger partial charge >= 0.3 is 5.97 Å². The van der Waals surface area contributed by atoms with Crippen LogP contribution < -0.4 is 5.56 Å². The molecule has 0 aliphatic carbocycles. The Balaban J connectivity index is 2.94. The highest BCUT2D eigenvalue weighted by molar-refractivity contribution is 6.02. The normalized spacial score (nSPS) is 10.5. The summed E-state index contributed by atoms with van der Waals surface area (Å²) in [4.78, 5) is 24.7. The van der Waals surface area contributed by atoms with Crippen LogP contribution in [0.3, 0.4) is 0 Å². The minimum Gasteiger partial charge on any atom is -0.478 e. The SMILES string of the molecule is Cc1ccc2[nH]c(=O)cc(C(=O)O)c2c1. The van der Waals surface area contributed by atoms with E-state index in [1.165, 1.54) is 0 Å². The fraction of sp³-hybridized carbons (Fsp3) is 0.0909. The highest BCUT2D eigenvalue weighted by Crippen LogP contribution is 2.16. The summed E-state index contributed by atoms with van der Waals surface area (Å²) in [5.41, 5.74) is 1.14. The predicted octanol–water partition coefficient (Wildman–Crippen LogP) is 1.53. The van der Waals surface area contributed by atoms with Gasteiger partial charge in [-0.3, -0.25) is 4.79 Å². The van der Waals surface area contributed by atoms with Gasteiger partial charge in [0.05, 0.1) is 5.56 Å². The van der Waals surface area contributed by atoms with Crippen molar-refractivity contribution >= 4 is 16.9 Å². The standard InChI is InChI=1S/C11H9NO3/c1-6-2-3-9-7(4-6)8(11(14)15)5-10(13)12-9/h2-5H,1H3,(H,12,13)(H,14,15). The molecule has 0 spiro atoms. The van der Waals surface area contributed by atoms with Crippen molar-refractivity contribution in [2.24, 2.45) is 0 Å². The second-order valence-corrected chi connectivity index (χ2v) is 3.40. The van der Waals surface area contributed by atoms with Crippen LogP contribution in [0.5, 0.6) is 0 Å². The fourth-order valence-electron chi connectivity index (χ4n) is 1.54. The first kappa shape index (κ1) is 9.45. The molecule has 76 valence electrons. The average molecular weight is 203 g/mol. The molecular weight excluding hydrogens is 194 g/mol. The lowest BCUT2D eigenvalue weighted by Gasteiger charge is -2.02. The number of aryl methyl sites for hydroxylation is 1. The van der Waals surface area contributed by atoms with E-state index < -0.39 is 11.5 Å². The first-order valence-electron chi connectivity index (χ1n) is 4.45. The summed E-state index contributed by atoms with van der Waals surface area (Å²) in [7, 11) is 0. The smallest absolute Gasteiger partial charge is 0.336 e. The number of pyridine rings is 1. The summed E-state index contributed by atoms with van der Waals surface area (Å²) in [6.07, 6.45) is 0. The molecule has 1 heterocycles. The Labute approximate surface area is 85.2 Å². The number of aromatic amines is 1. The van der Waals surface area contributed by atoms with Crippen molar-refractivity contribution in [3.05, 3.63) is 45.7 Å². The Morgan fingerprint density at radius 1 is 1.33 bits per heavy atom. The summed E-state index contributed by atoms with van der Waals surface area (Å²) in [6.45, 7) is 1.87. The van der Waals surface area contributed by atoms with Crippen LogP contribution >= 0.6 is 0 Å². The number of hydrogen-bond acceptors (Lipinski definition) is 2. The summed E-state index contributed by atoms with van der Waals surface area (Å²) < 4.78 is 0. The van der Waals surface area contributed by atoms with Crippen molar-refractivity contribution in [1.29, 1.82) is 0 Å². The molecule has 0 amide bonds. The Hall–Kier alpha value is -2.10. The van der Waals surface area contributed by atoms with E-state index in [9.17, 15) is 9.59 Å². The molecule has 0 unspecified atom stereocenters. The third-order valence-corrected chi connectivity index (χ3v) is 2.23. The van der Waals surface area contributed by atoms with Crippen LogP contribution in [0.1, 0.15) is 15.9 Å². The maximum atomic E-state index is 11.2. The molecule has 0 fully saturated rings. The monoisotopic (exact) mass is 203 g/mol. The third-order valence-electron chi connectivity index (χ3n) is 2.23. The number of fused-ring (bicyclic) bond motifs is 1. The lowest BCUT2D eigenvalue weighted by molar-refractivity contribution is 0.0699. The zero-order valence-electron chi connectivity index (χ0n) is 8.07. The van der Waals surface area contributed by atoms with Crippen LogP contribution in [0.25, 0.3) is 10.9 Å². The molecule has 2 rings (SSSR count). The summed E-state index contributed by atoms with van der Waals surface area (Å²) in [5, 5.41) is 9.50. The van der Waals surface area contributed by atoms with Crippen molar-refractivity contribution in [2.45, 2.75) is 6.92 Å². The van der Waals surface area contributed by atoms with E-state index in [0.29, 0.717) is 10.9 Å². The molecule has 0 aliphatic rings. The summed E-state index contributed by atoms with van der Waals surface area (Å²) in [6, 6.07) is 6.38. The highest BCUT2D eigenvalue weighted by Gasteiger charge is 2.09. The highest BCUT2D eigenvalue weighted by atomic mass is 16.4. The number of carboxylic acid groups (broad SMARTS) is 1. The van der Waals surface area contributed by atoms with Gasteiger partial charge in [0.25, 0.3) is 0 Å². The van der Waals surface area contributed by atoms with E-state index in [2.05, 4.69) is 4.98 Å². The van der Waals surface area contributed by atoms with Crippen molar-refractivity contribution < 1.29 is 9.90 Å². The number of H-pyrrole nitrogens is 1. The molecule has 0 atom stereocenters. The minimum atomic E-state index is -1.09. The molecule has 0 radical (unpaired) electrons. The van der Waals surface area contributed by atoms with Gasteiger partial charge in [-0.1, -0.05) is 11.6 Å². The molecule has 4 heteroatoms. The van der Waals surface area contributed by atoms with Gasteiger partial charge in [-0.2, -0.15) is 0 Å². The second-order valence-electron chi connectivity index (χ2n) is 3.40. The molecule has 0 saturated heterocycles. The molecule has 2 aromatic rings. The first-order valence-corrected chi connectivity index (χ1v) is 4.45. The van der Waals surface area contributed by atoms with Gasteiger partial charge in [-0.05, 0) is 19.1 Å². The Morgan fingerprint density at radius 2 is 2.07 bits per heavy atom. The number of hydrogen-bond donors (Lipinski definition) is 2. The van der Waals surface area contributed by atoms with E-state index in [1.54, 1.807) is 12.1 Å². The Bertz CT molecular complexity index is 598. The maximum Gasteiger partial charge on any atom is 0.336 e. The maximum absolute atomic E-state index is 11.2. The van der Waals surface area contributed by atoms with Crippen LogP contribution in [-0.2, 0) is 0 Å². The van der Waals surface area contributed by atoms with Crippen molar-refractivity contribution in [2.75, 3.05) is 0 Å². The fourth-order valence-corrected chi connectivity index (χ4v) is 1.54. The quantitative estimate of drug-likeness (QED) is 0.738. The average Bonchev–Trinajstić information content (AvgIpc) is 2.17. The van der Waals surface area contributed by atoms with Gasteiger partial charge in [-0.15, -0.1) is 0 Å². The number of aromatic carboxylic acids is 1. The number of benzene rings is 1. The molecule has 0 bridgehead atoms. The topological polar surface area (TPSA) is 70.2 Å². The Morgan fingerprint density at radius 3 is 2.73 bits per heavy atom. The number of carbonyl (C=O) groups is 1. The van der Waals surface area contributed by atoms with E-state index >= 15 is 0 Å². The molecule has 2 N–H and O–H groups in total. The third kappa shape index (κ3) is 1.61. The van der Waals surface area contributed by atoms with Crippen molar-refractivity contribution in [3.63, 3.8) is 0 Å². The number of nitrogens with one attached hydrogen (secondary N) is 1. The molecule has 1 aromatic carbocycles. The summed E-state index contributed by atoms with van der Waals surface area (Å²) >= 11 is 0. The molecular formula is C11H9NO3. The minimum absolute atomic E-state index is 0.0393. The predicted molar refractivity (Wildman–Crippen MR) is 56.3 cm³/mol. The van der Waals surface area contributed by atoms with Crippen LogP contribution in [0.4, 0.5) is 0 Å². The zero-order chi connectivity index (χ0) is 11.0. The van der Waals surface area contributed by atoms with Gasteiger partial charge in [0, 0.05) is 17.0 Å². The zero-order valence-corrected chi connectivity index (χ0v) is 8.07. The van der Waals surface area contributed by atoms with Crippen LogP contribution in [0.15, 0.2) is 29.1 Å². The van der Waals surface area contributed by atoms with Gasteiger partial charge < -0.3 is 10.1 Å². The molecule has 0 saturated carbocycles. The molecule has 0 aliphatic heterocycles. The van der Waals surface area contributed by atoms with E-state index in [-0.39, 0.29) is 5.56 Å². The molecule has 1 aromatic heterocycles. The van der Waals surface area contributed by atoms with E-state index in [1.807, 2.05) is 13.0 Å². The largest absolute Gasteiger partial charge is 0.478 e. The second kappa shape index (κ2) is 3.24. The number of rotatable bonds is 1. The van der Waals surface area contributed by atoms with E-state index in [0.717, 1.165) is 11.6 Å². The van der Waals surface area contributed by atoms with Crippen molar-refractivity contribution in [3.8, 4) is 0 Å². The van der Waals surface area contributed by atoms with Gasteiger partial charge in [-0.25, -0.2) is 4.79 Å². The Kier molecular flexibility index (Phi) is 2.04.